The predicted octanol–water partition coefficient (Wildman–Crippen LogP) is 0.107. The second-order valence-electron chi connectivity index (χ2n) is 5.00. The summed E-state index contributed by atoms with van der Waals surface area (Å²) in [5.41, 5.74) is 0.802. The molecule has 2 rings (SSSR count). The molecular formula is C13H17N3O4S. The molecule has 0 saturated carbocycles. The van der Waals surface area contributed by atoms with E-state index in [4.69, 9.17) is 5.14 Å². The fourth-order valence-electron chi connectivity index (χ4n) is 2.25. The molecule has 0 aliphatic carbocycles. The van der Waals surface area contributed by atoms with Crippen LogP contribution in [-0.4, -0.2) is 26.8 Å². The molecule has 0 bridgehead atoms. The van der Waals surface area contributed by atoms with Gasteiger partial charge in [0.05, 0.1) is 10.8 Å². The van der Waals surface area contributed by atoms with E-state index in [1.54, 1.807) is 13.0 Å². The van der Waals surface area contributed by atoms with Crippen LogP contribution in [0.15, 0.2) is 23.1 Å². The van der Waals surface area contributed by atoms with E-state index in [1.807, 2.05) is 0 Å². The molecule has 4 N–H and O–H groups in total. The number of sulfonamides is 1. The second-order valence-corrected chi connectivity index (χ2v) is 6.53. The van der Waals surface area contributed by atoms with E-state index < -0.39 is 10.0 Å². The van der Waals surface area contributed by atoms with Gasteiger partial charge in [0.2, 0.25) is 21.8 Å². The van der Waals surface area contributed by atoms with Crippen molar-refractivity contribution in [2.75, 3.05) is 11.9 Å². The molecule has 1 aromatic rings. The van der Waals surface area contributed by atoms with E-state index >= 15 is 0 Å². The molecule has 1 aromatic carbocycles. The van der Waals surface area contributed by atoms with E-state index in [0.29, 0.717) is 30.6 Å². The molecule has 1 saturated heterocycles. The first-order valence-corrected chi connectivity index (χ1v) is 8.03. The number of benzene rings is 1. The van der Waals surface area contributed by atoms with Gasteiger partial charge >= 0.3 is 0 Å². The molecule has 1 heterocycles. The standard InChI is InChI=1S/C13H17N3O4S/c1-8-10(3-2-4-11(8)21(14,19)20)16-13(18)9-5-6-12(17)15-7-9/h2-4,9H,5-7H2,1H3,(H,15,17)(H,16,18)(H2,14,19,20). The number of carbonyl (C=O) groups is 2. The van der Waals surface area contributed by atoms with Crippen LogP contribution in [0, 0.1) is 12.8 Å². The van der Waals surface area contributed by atoms with Crippen molar-refractivity contribution in [1.29, 1.82) is 0 Å². The molecule has 0 radical (unpaired) electrons. The van der Waals surface area contributed by atoms with E-state index in [1.165, 1.54) is 12.1 Å². The Bertz CT molecular complexity index is 675. The highest BCUT2D eigenvalue weighted by Crippen LogP contribution is 2.23. The molecule has 8 heteroatoms. The molecule has 1 fully saturated rings. The Morgan fingerprint density at radius 2 is 2.14 bits per heavy atom. The SMILES string of the molecule is Cc1c(NC(=O)C2CCC(=O)NC2)cccc1S(N)(=O)=O. The molecular weight excluding hydrogens is 294 g/mol. The molecule has 0 spiro atoms. The number of anilines is 1. The van der Waals surface area contributed by atoms with Crippen molar-refractivity contribution in [2.45, 2.75) is 24.7 Å². The summed E-state index contributed by atoms with van der Waals surface area (Å²) in [6.45, 7) is 1.87. The number of rotatable bonds is 3. The Kier molecular flexibility index (Phi) is 4.29. The summed E-state index contributed by atoms with van der Waals surface area (Å²) in [5.74, 6) is -0.628. The zero-order valence-corrected chi connectivity index (χ0v) is 12.4. The van der Waals surface area contributed by atoms with Crippen molar-refractivity contribution < 1.29 is 18.0 Å². The lowest BCUT2D eigenvalue weighted by Crippen LogP contribution is -2.40. The number of piperidine rings is 1. The van der Waals surface area contributed by atoms with Crippen LogP contribution < -0.4 is 15.8 Å². The molecule has 7 nitrogen and oxygen atoms in total. The summed E-state index contributed by atoms with van der Waals surface area (Å²) in [6.07, 6.45) is 0.792. The Labute approximate surface area is 123 Å². The minimum atomic E-state index is -3.83. The molecule has 2 amide bonds. The maximum atomic E-state index is 12.1. The Morgan fingerprint density at radius 1 is 1.43 bits per heavy atom. The highest BCUT2D eigenvalue weighted by molar-refractivity contribution is 7.89. The largest absolute Gasteiger partial charge is 0.355 e. The van der Waals surface area contributed by atoms with Gasteiger partial charge in [-0.15, -0.1) is 0 Å². The fourth-order valence-corrected chi connectivity index (χ4v) is 3.05. The number of amides is 2. The minimum Gasteiger partial charge on any atom is -0.355 e. The number of nitrogens with two attached hydrogens (primary N) is 1. The van der Waals surface area contributed by atoms with Crippen LogP contribution in [0.3, 0.4) is 0 Å². The number of nitrogens with one attached hydrogen (secondary N) is 2. The molecule has 1 atom stereocenters. The first kappa shape index (κ1) is 15.5. The molecule has 0 aromatic heterocycles. The summed E-state index contributed by atoms with van der Waals surface area (Å²) < 4.78 is 22.9. The van der Waals surface area contributed by atoms with E-state index in [-0.39, 0.29) is 22.6 Å². The quantitative estimate of drug-likeness (QED) is 0.734. The zero-order valence-electron chi connectivity index (χ0n) is 11.5. The van der Waals surface area contributed by atoms with Gasteiger partial charge in [-0.05, 0) is 31.0 Å². The smallest absolute Gasteiger partial charge is 0.238 e. The van der Waals surface area contributed by atoms with Crippen LogP contribution in [0.2, 0.25) is 0 Å². The van der Waals surface area contributed by atoms with Gasteiger partial charge in [0.1, 0.15) is 0 Å². The summed E-state index contributed by atoms with van der Waals surface area (Å²) in [6, 6.07) is 4.52. The number of primary sulfonamides is 1. The monoisotopic (exact) mass is 311 g/mol. The van der Waals surface area contributed by atoms with Crippen LogP contribution in [0.25, 0.3) is 0 Å². The Morgan fingerprint density at radius 3 is 2.71 bits per heavy atom. The summed E-state index contributed by atoms with van der Waals surface area (Å²) in [7, 11) is -3.83. The van der Waals surface area contributed by atoms with E-state index in [9.17, 15) is 18.0 Å². The first-order chi connectivity index (χ1) is 9.79. The van der Waals surface area contributed by atoms with Crippen molar-refractivity contribution in [3.63, 3.8) is 0 Å². The fraction of sp³-hybridized carbons (Fsp3) is 0.385. The maximum Gasteiger partial charge on any atom is 0.238 e. The number of carbonyl (C=O) groups excluding carboxylic acids is 2. The van der Waals surface area contributed by atoms with Gasteiger partial charge < -0.3 is 10.6 Å². The van der Waals surface area contributed by atoms with Crippen LogP contribution in [0.1, 0.15) is 18.4 Å². The first-order valence-electron chi connectivity index (χ1n) is 6.49. The lowest BCUT2D eigenvalue weighted by molar-refractivity contribution is -0.126. The minimum absolute atomic E-state index is 0.0164. The van der Waals surface area contributed by atoms with Crippen molar-refractivity contribution >= 4 is 27.5 Å². The topological polar surface area (TPSA) is 118 Å². The Hall–Kier alpha value is -1.93. The predicted molar refractivity (Wildman–Crippen MR) is 76.9 cm³/mol. The molecule has 1 unspecified atom stereocenters. The third kappa shape index (κ3) is 3.59. The highest BCUT2D eigenvalue weighted by atomic mass is 32.2. The zero-order chi connectivity index (χ0) is 15.6. The van der Waals surface area contributed by atoms with Crippen LogP contribution in [0.4, 0.5) is 5.69 Å². The van der Waals surface area contributed by atoms with Crippen molar-refractivity contribution in [3.05, 3.63) is 23.8 Å². The summed E-state index contributed by atoms with van der Waals surface area (Å²) >= 11 is 0. The average molecular weight is 311 g/mol. The van der Waals surface area contributed by atoms with Crippen molar-refractivity contribution in [1.82, 2.24) is 5.32 Å². The summed E-state index contributed by atoms with van der Waals surface area (Å²) in [4.78, 5) is 23.2. The van der Waals surface area contributed by atoms with Gasteiger partial charge in [-0.3, -0.25) is 9.59 Å². The lowest BCUT2D eigenvalue weighted by atomic mass is 9.98. The molecule has 1 aliphatic rings. The second kappa shape index (κ2) is 5.82. The molecule has 21 heavy (non-hydrogen) atoms. The highest BCUT2D eigenvalue weighted by Gasteiger charge is 2.25. The third-order valence-corrected chi connectivity index (χ3v) is 4.54. The van der Waals surface area contributed by atoms with Gasteiger partial charge in [0.15, 0.2) is 0 Å². The van der Waals surface area contributed by atoms with E-state index in [2.05, 4.69) is 10.6 Å². The van der Waals surface area contributed by atoms with Crippen LogP contribution in [-0.2, 0) is 19.6 Å². The van der Waals surface area contributed by atoms with Gasteiger partial charge in [-0.2, -0.15) is 0 Å². The van der Waals surface area contributed by atoms with Crippen molar-refractivity contribution in [3.8, 4) is 0 Å². The lowest BCUT2D eigenvalue weighted by Gasteiger charge is -2.22. The van der Waals surface area contributed by atoms with Gasteiger partial charge in [-0.25, -0.2) is 13.6 Å². The average Bonchev–Trinajstić information content (AvgIpc) is 2.40. The van der Waals surface area contributed by atoms with Crippen LogP contribution >= 0.6 is 0 Å². The molecule has 114 valence electrons. The number of hydrogen-bond acceptors (Lipinski definition) is 4. The molecule has 1 aliphatic heterocycles. The maximum absolute atomic E-state index is 12.1. The van der Waals surface area contributed by atoms with Gasteiger partial charge in [0.25, 0.3) is 0 Å². The third-order valence-electron chi connectivity index (χ3n) is 3.48. The normalized spacial score (nSPS) is 19.0. The van der Waals surface area contributed by atoms with Gasteiger partial charge in [0, 0.05) is 18.7 Å². The van der Waals surface area contributed by atoms with Gasteiger partial charge in [-0.1, -0.05) is 6.07 Å². The summed E-state index contributed by atoms with van der Waals surface area (Å²) in [5, 5.41) is 10.5. The van der Waals surface area contributed by atoms with E-state index in [0.717, 1.165) is 0 Å². The Balaban J connectivity index is 2.17. The van der Waals surface area contributed by atoms with Crippen LogP contribution in [0.5, 0.6) is 0 Å². The number of hydrogen-bond donors (Lipinski definition) is 3. The van der Waals surface area contributed by atoms with Crippen molar-refractivity contribution in [2.24, 2.45) is 11.1 Å².